The maximum Gasteiger partial charge on any atom is 0.253 e. The third kappa shape index (κ3) is 2.26. The molecule has 0 atom stereocenters. The standard InChI is InChI=1S/C12H12N2O.2ClH/c15-12-9-5-3-7-13-11(9)8-4-1-2-6-10(8)14-12;;/h1-2,4,6,13H,3,5,7H2,(H,14,15);2*1H. The van der Waals surface area contributed by atoms with Crippen LogP contribution in [0.25, 0.3) is 10.9 Å². The van der Waals surface area contributed by atoms with Gasteiger partial charge in [-0.2, -0.15) is 0 Å². The van der Waals surface area contributed by atoms with Crippen molar-refractivity contribution in [2.75, 3.05) is 11.9 Å². The molecule has 1 aliphatic heterocycles. The minimum atomic E-state index is 0. The molecule has 17 heavy (non-hydrogen) atoms. The maximum atomic E-state index is 11.8. The van der Waals surface area contributed by atoms with E-state index in [9.17, 15) is 4.79 Å². The Morgan fingerprint density at radius 2 is 1.88 bits per heavy atom. The number of benzene rings is 1. The highest BCUT2D eigenvalue weighted by molar-refractivity contribution is 5.92. The Bertz CT molecular complexity index is 580. The summed E-state index contributed by atoms with van der Waals surface area (Å²) >= 11 is 0. The Balaban J connectivity index is 0.000000722. The van der Waals surface area contributed by atoms with Crippen molar-refractivity contribution < 1.29 is 0 Å². The first-order chi connectivity index (χ1) is 7.36. The molecule has 0 bridgehead atoms. The quantitative estimate of drug-likeness (QED) is 0.775. The highest BCUT2D eigenvalue weighted by Gasteiger charge is 2.14. The number of para-hydroxylation sites is 1. The van der Waals surface area contributed by atoms with Crippen LogP contribution in [-0.2, 0) is 6.42 Å². The summed E-state index contributed by atoms with van der Waals surface area (Å²) in [6.07, 6.45) is 1.91. The van der Waals surface area contributed by atoms with E-state index in [-0.39, 0.29) is 30.4 Å². The smallest absolute Gasteiger partial charge is 0.253 e. The van der Waals surface area contributed by atoms with E-state index in [4.69, 9.17) is 0 Å². The van der Waals surface area contributed by atoms with Crippen molar-refractivity contribution in [3.8, 4) is 0 Å². The fourth-order valence-electron chi connectivity index (χ4n) is 2.20. The predicted molar refractivity (Wildman–Crippen MR) is 75.9 cm³/mol. The molecule has 0 unspecified atom stereocenters. The van der Waals surface area contributed by atoms with Gasteiger partial charge in [-0.3, -0.25) is 4.79 Å². The van der Waals surface area contributed by atoms with Crippen LogP contribution in [0.2, 0.25) is 0 Å². The summed E-state index contributed by atoms with van der Waals surface area (Å²) in [6, 6.07) is 7.92. The Kier molecular flexibility index (Phi) is 4.43. The zero-order chi connectivity index (χ0) is 10.3. The van der Waals surface area contributed by atoms with E-state index in [1.54, 1.807) is 0 Å². The van der Waals surface area contributed by atoms with Gasteiger partial charge in [0, 0.05) is 17.5 Å². The van der Waals surface area contributed by atoms with E-state index >= 15 is 0 Å². The molecule has 0 amide bonds. The fourth-order valence-corrected chi connectivity index (χ4v) is 2.20. The second kappa shape index (κ2) is 5.43. The lowest BCUT2D eigenvalue weighted by molar-refractivity contribution is 0.820. The van der Waals surface area contributed by atoms with Crippen molar-refractivity contribution in [2.24, 2.45) is 0 Å². The van der Waals surface area contributed by atoms with E-state index < -0.39 is 0 Å². The van der Waals surface area contributed by atoms with E-state index in [1.807, 2.05) is 24.3 Å². The molecule has 3 rings (SSSR count). The molecule has 0 radical (unpaired) electrons. The Labute approximate surface area is 111 Å². The number of rotatable bonds is 0. The predicted octanol–water partition coefficient (Wildman–Crippen LogP) is 2.73. The number of halogens is 2. The van der Waals surface area contributed by atoms with E-state index in [0.29, 0.717) is 0 Å². The molecule has 1 aromatic carbocycles. The number of aromatic nitrogens is 1. The van der Waals surface area contributed by atoms with Crippen molar-refractivity contribution in [1.82, 2.24) is 4.98 Å². The molecule has 3 nitrogen and oxygen atoms in total. The van der Waals surface area contributed by atoms with Crippen LogP contribution in [0.1, 0.15) is 12.0 Å². The average molecular weight is 273 g/mol. The molecule has 2 N–H and O–H groups in total. The second-order valence-corrected chi connectivity index (χ2v) is 3.88. The molecular weight excluding hydrogens is 259 g/mol. The summed E-state index contributed by atoms with van der Waals surface area (Å²) in [4.78, 5) is 14.7. The van der Waals surface area contributed by atoms with Crippen LogP contribution in [0.4, 0.5) is 5.69 Å². The van der Waals surface area contributed by atoms with Gasteiger partial charge >= 0.3 is 0 Å². The molecule has 0 saturated carbocycles. The minimum Gasteiger partial charge on any atom is -0.384 e. The Hall–Kier alpha value is -1.19. The largest absolute Gasteiger partial charge is 0.384 e. The van der Waals surface area contributed by atoms with Gasteiger partial charge in [-0.15, -0.1) is 24.8 Å². The number of H-pyrrole nitrogens is 1. The van der Waals surface area contributed by atoms with Crippen molar-refractivity contribution in [2.45, 2.75) is 12.8 Å². The second-order valence-electron chi connectivity index (χ2n) is 3.88. The van der Waals surface area contributed by atoms with Crippen LogP contribution in [-0.4, -0.2) is 11.5 Å². The number of fused-ring (bicyclic) bond motifs is 3. The van der Waals surface area contributed by atoms with Crippen LogP contribution in [0.3, 0.4) is 0 Å². The molecule has 2 aromatic rings. The fraction of sp³-hybridized carbons (Fsp3) is 0.250. The summed E-state index contributed by atoms with van der Waals surface area (Å²) in [5.41, 5.74) is 2.90. The van der Waals surface area contributed by atoms with Gasteiger partial charge in [0.1, 0.15) is 0 Å². The van der Waals surface area contributed by atoms with Crippen molar-refractivity contribution >= 4 is 41.4 Å². The SMILES string of the molecule is Cl.Cl.O=c1[nH]c2ccccc2c2c1CCCN2. The summed E-state index contributed by atoms with van der Waals surface area (Å²) in [5, 5.41) is 4.44. The molecule has 1 aromatic heterocycles. The zero-order valence-corrected chi connectivity index (χ0v) is 10.8. The van der Waals surface area contributed by atoms with E-state index in [1.165, 1.54) is 0 Å². The summed E-state index contributed by atoms with van der Waals surface area (Å²) in [7, 11) is 0. The molecule has 92 valence electrons. The Morgan fingerprint density at radius 1 is 1.12 bits per heavy atom. The van der Waals surface area contributed by atoms with Gasteiger partial charge in [0.25, 0.3) is 5.56 Å². The van der Waals surface area contributed by atoms with Crippen LogP contribution in [0.5, 0.6) is 0 Å². The number of aromatic amines is 1. The number of nitrogens with one attached hydrogen (secondary N) is 2. The van der Waals surface area contributed by atoms with Gasteiger partial charge in [-0.25, -0.2) is 0 Å². The van der Waals surface area contributed by atoms with Crippen LogP contribution in [0.15, 0.2) is 29.1 Å². The van der Waals surface area contributed by atoms with Gasteiger partial charge in [-0.1, -0.05) is 18.2 Å². The Morgan fingerprint density at radius 3 is 2.71 bits per heavy atom. The molecule has 0 saturated heterocycles. The molecule has 1 aliphatic rings. The van der Waals surface area contributed by atoms with Gasteiger partial charge < -0.3 is 10.3 Å². The number of hydrogen-bond donors (Lipinski definition) is 2. The monoisotopic (exact) mass is 272 g/mol. The average Bonchev–Trinajstić information content (AvgIpc) is 2.30. The zero-order valence-electron chi connectivity index (χ0n) is 9.16. The molecule has 5 heteroatoms. The van der Waals surface area contributed by atoms with Gasteiger partial charge in [0.2, 0.25) is 0 Å². The topological polar surface area (TPSA) is 44.9 Å². The normalized spacial score (nSPS) is 12.9. The van der Waals surface area contributed by atoms with Crippen molar-refractivity contribution in [3.05, 3.63) is 40.2 Å². The lowest BCUT2D eigenvalue weighted by Gasteiger charge is -2.18. The highest BCUT2D eigenvalue weighted by atomic mass is 35.5. The third-order valence-electron chi connectivity index (χ3n) is 2.93. The number of hydrogen-bond acceptors (Lipinski definition) is 2. The number of anilines is 1. The maximum absolute atomic E-state index is 11.8. The highest BCUT2D eigenvalue weighted by Crippen LogP contribution is 2.26. The lowest BCUT2D eigenvalue weighted by atomic mass is 10.0. The van der Waals surface area contributed by atoms with E-state index in [0.717, 1.165) is 41.5 Å². The molecule has 2 heterocycles. The van der Waals surface area contributed by atoms with Crippen LogP contribution >= 0.6 is 24.8 Å². The molecule has 0 fully saturated rings. The summed E-state index contributed by atoms with van der Waals surface area (Å²) < 4.78 is 0. The first-order valence-electron chi connectivity index (χ1n) is 5.24. The third-order valence-corrected chi connectivity index (χ3v) is 2.93. The number of pyridine rings is 1. The van der Waals surface area contributed by atoms with E-state index in [2.05, 4.69) is 10.3 Å². The first-order valence-corrected chi connectivity index (χ1v) is 5.24. The lowest BCUT2D eigenvalue weighted by Crippen LogP contribution is -2.22. The van der Waals surface area contributed by atoms with Crippen LogP contribution < -0.4 is 10.9 Å². The van der Waals surface area contributed by atoms with Crippen LogP contribution in [0, 0.1) is 0 Å². The minimum absolute atomic E-state index is 0. The van der Waals surface area contributed by atoms with Gasteiger partial charge in [0.15, 0.2) is 0 Å². The summed E-state index contributed by atoms with van der Waals surface area (Å²) in [5.74, 6) is 0. The first kappa shape index (κ1) is 13.9. The van der Waals surface area contributed by atoms with Crippen molar-refractivity contribution in [1.29, 1.82) is 0 Å². The summed E-state index contributed by atoms with van der Waals surface area (Å²) in [6.45, 7) is 0.959. The van der Waals surface area contributed by atoms with Gasteiger partial charge in [-0.05, 0) is 18.9 Å². The molecular formula is C12H14Cl2N2O. The van der Waals surface area contributed by atoms with Crippen molar-refractivity contribution in [3.63, 3.8) is 0 Å². The molecule has 0 aliphatic carbocycles. The van der Waals surface area contributed by atoms with Gasteiger partial charge in [0.05, 0.1) is 11.2 Å². The molecule has 0 spiro atoms.